The topological polar surface area (TPSA) is 81.9 Å². The zero-order valence-corrected chi connectivity index (χ0v) is 23.3. The van der Waals surface area contributed by atoms with E-state index in [9.17, 15) is 9.59 Å². The van der Waals surface area contributed by atoms with Gasteiger partial charge in [-0.3, -0.25) is 9.69 Å². The minimum Gasteiger partial charge on any atom is -0.382 e. The number of piperazine rings is 1. The summed E-state index contributed by atoms with van der Waals surface area (Å²) in [4.78, 5) is 30.6. The summed E-state index contributed by atoms with van der Waals surface area (Å²) in [6.45, 7) is 4.24. The molecule has 36 heavy (non-hydrogen) atoms. The number of nitrogens with zero attached hydrogens (tertiary/aromatic N) is 3. The number of carbonyl (C=O) groups excluding carboxylic acids is 2. The molecule has 7 nitrogen and oxygen atoms in total. The van der Waals surface area contributed by atoms with Crippen LogP contribution in [0.15, 0.2) is 34.5 Å². The highest BCUT2D eigenvalue weighted by Crippen LogP contribution is 2.43. The van der Waals surface area contributed by atoms with Gasteiger partial charge in [0.2, 0.25) is 5.91 Å². The number of dihydropyridines is 1. The van der Waals surface area contributed by atoms with Gasteiger partial charge in [0, 0.05) is 66.4 Å². The molecule has 0 saturated carbocycles. The Hall–Kier alpha value is -1.74. The third-order valence-electron chi connectivity index (χ3n) is 8.05. The average Bonchev–Trinajstić information content (AvgIpc) is 3.01. The van der Waals surface area contributed by atoms with Crippen LogP contribution in [0.5, 0.6) is 0 Å². The first kappa shape index (κ1) is 25.9. The summed E-state index contributed by atoms with van der Waals surface area (Å²) in [5.41, 5.74) is 9.08. The zero-order valence-electron chi connectivity index (χ0n) is 20.2. The van der Waals surface area contributed by atoms with E-state index in [4.69, 9.17) is 28.9 Å². The first-order chi connectivity index (χ1) is 17.3. The Morgan fingerprint density at radius 2 is 1.75 bits per heavy atom. The molecule has 3 aliphatic heterocycles. The molecule has 194 valence electrons. The van der Waals surface area contributed by atoms with Crippen LogP contribution in [0.4, 0.5) is 4.79 Å². The Balaban J connectivity index is 1.28. The molecule has 3 heterocycles. The van der Waals surface area contributed by atoms with Gasteiger partial charge in [-0.05, 0) is 82.4 Å². The number of fused-ring (bicyclic) bond motifs is 2. The standard InChI is InChI=1S/C26H32BrCl2N5O2/c27-19-12-18-2-1-17-13-20(28)14-21(29)23(17)25(24(18)31-15-19)33-9-7-32(8-10-33)22(35)11-16-3-5-34(6-4-16)26(30)36/h12-16,24-25,31H,1-11H2,(H2,30,36). The van der Waals surface area contributed by atoms with E-state index in [1.807, 2.05) is 17.2 Å². The third kappa shape index (κ3) is 5.42. The predicted octanol–water partition coefficient (Wildman–Crippen LogP) is 4.44. The van der Waals surface area contributed by atoms with Gasteiger partial charge in [-0.2, -0.15) is 0 Å². The summed E-state index contributed by atoms with van der Waals surface area (Å²) >= 11 is 16.8. The van der Waals surface area contributed by atoms with Gasteiger partial charge in [0.1, 0.15) is 0 Å². The molecule has 10 heteroatoms. The molecule has 1 aromatic carbocycles. The van der Waals surface area contributed by atoms with Gasteiger partial charge < -0.3 is 20.9 Å². The molecule has 0 aromatic heterocycles. The Labute approximate surface area is 230 Å². The van der Waals surface area contributed by atoms with Crippen LogP contribution in [0, 0.1) is 5.92 Å². The molecule has 0 spiro atoms. The van der Waals surface area contributed by atoms with Gasteiger partial charge in [-0.15, -0.1) is 0 Å². The number of nitrogens with two attached hydrogens (primary N) is 1. The number of primary amides is 1. The normalized spacial score (nSPS) is 25.2. The molecule has 2 saturated heterocycles. The van der Waals surface area contributed by atoms with Gasteiger partial charge >= 0.3 is 6.03 Å². The van der Waals surface area contributed by atoms with E-state index in [0.29, 0.717) is 48.6 Å². The van der Waals surface area contributed by atoms with E-state index < -0.39 is 0 Å². The lowest BCUT2D eigenvalue weighted by atomic mass is 9.90. The Morgan fingerprint density at radius 3 is 2.44 bits per heavy atom. The van der Waals surface area contributed by atoms with Gasteiger partial charge in [0.25, 0.3) is 0 Å². The van der Waals surface area contributed by atoms with E-state index in [-0.39, 0.29) is 24.0 Å². The maximum atomic E-state index is 13.1. The fourth-order valence-electron chi connectivity index (χ4n) is 6.10. The molecule has 1 aliphatic carbocycles. The zero-order chi connectivity index (χ0) is 25.4. The van der Waals surface area contributed by atoms with Crippen LogP contribution < -0.4 is 11.1 Å². The summed E-state index contributed by atoms with van der Waals surface area (Å²) in [7, 11) is 0. The molecular weight excluding hydrogens is 565 g/mol. The molecule has 2 unspecified atom stereocenters. The summed E-state index contributed by atoms with van der Waals surface area (Å²) in [5, 5.41) is 4.99. The Morgan fingerprint density at radius 1 is 1.03 bits per heavy atom. The molecule has 5 rings (SSSR count). The van der Waals surface area contributed by atoms with E-state index >= 15 is 0 Å². The summed E-state index contributed by atoms with van der Waals surface area (Å²) in [6, 6.07) is 3.71. The second-order valence-electron chi connectivity index (χ2n) is 10.2. The van der Waals surface area contributed by atoms with Crippen molar-refractivity contribution in [2.75, 3.05) is 39.3 Å². The fraction of sp³-hybridized carbons (Fsp3) is 0.538. The van der Waals surface area contributed by atoms with E-state index in [2.05, 4.69) is 38.3 Å². The number of benzene rings is 1. The van der Waals surface area contributed by atoms with Crippen molar-refractivity contribution in [3.63, 3.8) is 0 Å². The van der Waals surface area contributed by atoms with Gasteiger partial charge in [0.15, 0.2) is 0 Å². The van der Waals surface area contributed by atoms with Crippen LogP contribution >= 0.6 is 39.1 Å². The number of hydrogen-bond acceptors (Lipinski definition) is 4. The van der Waals surface area contributed by atoms with Gasteiger partial charge in [0.05, 0.1) is 12.1 Å². The molecule has 3 amide bonds. The van der Waals surface area contributed by atoms with Crippen molar-refractivity contribution in [1.82, 2.24) is 20.0 Å². The van der Waals surface area contributed by atoms with Crippen LogP contribution in [0.25, 0.3) is 0 Å². The van der Waals surface area contributed by atoms with E-state index in [1.54, 1.807) is 4.90 Å². The number of amides is 3. The van der Waals surface area contributed by atoms with Crippen molar-refractivity contribution in [3.8, 4) is 0 Å². The van der Waals surface area contributed by atoms with Crippen molar-refractivity contribution < 1.29 is 9.59 Å². The molecule has 0 radical (unpaired) electrons. The largest absolute Gasteiger partial charge is 0.382 e. The number of halogens is 3. The molecular formula is C26H32BrCl2N5O2. The van der Waals surface area contributed by atoms with E-state index in [0.717, 1.165) is 48.8 Å². The van der Waals surface area contributed by atoms with Crippen LogP contribution in [0.3, 0.4) is 0 Å². The quantitative estimate of drug-likeness (QED) is 0.540. The molecule has 3 N–H and O–H groups in total. The predicted molar refractivity (Wildman–Crippen MR) is 146 cm³/mol. The van der Waals surface area contributed by atoms with Crippen molar-refractivity contribution in [3.05, 3.63) is 55.6 Å². The second kappa shape index (κ2) is 10.9. The number of hydrogen-bond donors (Lipinski definition) is 2. The summed E-state index contributed by atoms with van der Waals surface area (Å²) in [5.74, 6) is 0.522. The highest BCUT2D eigenvalue weighted by molar-refractivity contribution is 9.11. The highest BCUT2D eigenvalue weighted by atomic mass is 79.9. The Kier molecular flexibility index (Phi) is 7.86. The lowest BCUT2D eigenvalue weighted by molar-refractivity contribution is -0.134. The minimum atomic E-state index is -0.369. The molecule has 2 fully saturated rings. The highest BCUT2D eigenvalue weighted by Gasteiger charge is 2.39. The number of rotatable bonds is 3. The maximum Gasteiger partial charge on any atom is 0.314 e. The minimum absolute atomic E-state index is 0.0609. The first-order valence-electron chi connectivity index (χ1n) is 12.7. The summed E-state index contributed by atoms with van der Waals surface area (Å²) in [6.07, 6.45) is 8.27. The number of urea groups is 1. The number of aryl methyl sites for hydroxylation is 1. The smallest absolute Gasteiger partial charge is 0.314 e. The first-order valence-corrected chi connectivity index (χ1v) is 14.2. The van der Waals surface area contributed by atoms with Crippen molar-refractivity contribution >= 4 is 51.1 Å². The molecule has 4 aliphatic rings. The monoisotopic (exact) mass is 595 g/mol. The summed E-state index contributed by atoms with van der Waals surface area (Å²) < 4.78 is 1.04. The van der Waals surface area contributed by atoms with Crippen molar-refractivity contribution in [1.29, 1.82) is 0 Å². The SMILES string of the molecule is NC(=O)N1CCC(CC(=O)N2CCN(C3c4c(Cl)cc(Cl)cc4CCC4=CC(Br)=CNC43)CC2)CC1. The Bertz CT molecular complexity index is 1090. The number of allylic oxidation sites excluding steroid dienone is 2. The molecule has 1 aromatic rings. The number of likely N-dealkylation sites (tertiary alicyclic amines) is 1. The van der Waals surface area contributed by atoms with Gasteiger partial charge in [-0.25, -0.2) is 4.79 Å². The average molecular weight is 597 g/mol. The second-order valence-corrected chi connectivity index (χ2v) is 11.9. The maximum absolute atomic E-state index is 13.1. The lowest BCUT2D eigenvalue weighted by Crippen LogP contribution is -2.54. The lowest BCUT2D eigenvalue weighted by Gasteiger charge is -2.44. The number of piperidine rings is 1. The molecule has 0 bridgehead atoms. The van der Waals surface area contributed by atoms with Crippen molar-refractivity contribution in [2.45, 2.75) is 44.2 Å². The van der Waals surface area contributed by atoms with E-state index in [1.165, 1.54) is 11.1 Å². The third-order valence-corrected chi connectivity index (χ3v) is 9.04. The fourth-order valence-corrected chi connectivity index (χ4v) is 7.18. The number of nitrogens with one attached hydrogen (secondary N) is 1. The van der Waals surface area contributed by atoms with Crippen LogP contribution in [0.2, 0.25) is 10.0 Å². The van der Waals surface area contributed by atoms with Crippen LogP contribution in [-0.2, 0) is 11.2 Å². The van der Waals surface area contributed by atoms with Crippen LogP contribution in [0.1, 0.15) is 42.9 Å². The molecule has 2 atom stereocenters. The number of carbonyl (C=O) groups is 2. The van der Waals surface area contributed by atoms with Crippen molar-refractivity contribution in [2.24, 2.45) is 11.7 Å². The van der Waals surface area contributed by atoms with Gasteiger partial charge in [-0.1, -0.05) is 23.2 Å². The van der Waals surface area contributed by atoms with Crippen LogP contribution in [-0.4, -0.2) is 71.9 Å².